The fraction of sp³-hybridized carbons (Fsp3) is 0.357. The first kappa shape index (κ1) is 25.1. The van der Waals surface area contributed by atoms with Crippen molar-refractivity contribution in [2.45, 2.75) is 32.2 Å². The summed E-state index contributed by atoms with van der Waals surface area (Å²) in [4.78, 5) is 28.7. The number of hydrogen-bond acceptors (Lipinski definition) is 8. The van der Waals surface area contributed by atoms with Crippen molar-refractivity contribution in [3.63, 3.8) is 0 Å². The Bertz CT molecular complexity index is 1580. The molecule has 1 N–H and O–H groups in total. The maximum Gasteiger partial charge on any atom is 0.271 e. The molecule has 2 aliphatic rings. The highest BCUT2D eigenvalue weighted by Gasteiger charge is 2.48. The average Bonchev–Trinajstić information content (AvgIpc) is 3.60. The van der Waals surface area contributed by atoms with Gasteiger partial charge < -0.3 is 15.0 Å². The third kappa shape index (κ3) is 4.63. The molecule has 198 valence electrons. The standard InChI is InChI=1S/C28H27ClN8O2/c1-3-39-20-7-21(26-19(10-30)11-34-37(26)16-20)23-12-33-24(13-32-23)36-14-17-8-28(2,9-18(17)15-36)35-27(38)25-22(29)5-4-6-31-25/h4-7,11-13,16-18H,3,8-9,14-15H2,1-2H3,(H,35,38)/t17-,18+,28?. The Hall–Kier alpha value is -4.23. The van der Waals surface area contributed by atoms with E-state index in [1.165, 1.54) is 0 Å². The van der Waals surface area contributed by atoms with Crippen molar-refractivity contribution in [1.82, 2.24) is 29.9 Å². The lowest BCUT2D eigenvalue weighted by atomic mass is 9.97. The molecule has 10 nitrogen and oxygen atoms in total. The van der Waals surface area contributed by atoms with Gasteiger partial charge in [-0.3, -0.25) is 9.78 Å². The molecular weight excluding hydrogens is 516 g/mol. The Morgan fingerprint density at radius 2 is 2.03 bits per heavy atom. The van der Waals surface area contributed by atoms with Crippen molar-refractivity contribution in [2.75, 3.05) is 24.6 Å². The van der Waals surface area contributed by atoms with Gasteiger partial charge in [-0.15, -0.1) is 0 Å². The Morgan fingerprint density at radius 3 is 2.69 bits per heavy atom. The molecule has 1 aliphatic heterocycles. The van der Waals surface area contributed by atoms with Crippen LogP contribution in [0.4, 0.5) is 5.82 Å². The predicted molar refractivity (Wildman–Crippen MR) is 146 cm³/mol. The minimum Gasteiger partial charge on any atom is -0.492 e. The number of carbonyl (C=O) groups excluding carboxylic acids is 1. The molecule has 2 fully saturated rings. The van der Waals surface area contributed by atoms with Gasteiger partial charge in [0.05, 0.1) is 53.2 Å². The van der Waals surface area contributed by atoms with Crippen LogP contribution >= 0.6 is 11.6 Å². The number of aromatic nitrogens is 5. The summed E-state index contributed by atoms with van der Waals surface area (Å²) in [6.07, 6.45) is 10.1. The average molecular weight is 543 g/mol. The van der Waals surface area contributed by atoms with Crippen molar-refractivity contribution in [3.8, 4) is 23.1 Å². The number of nitrogens with one attached hydrogen (secondary N) is 1. The Labute approximate surface area is 230 Å². The van der Waals surface area contributed by atoms with Crippen LogP contribution < -0.4 is 15.0 Å². The minimum absolute atomic E-state index is 0.235. The molecule has 4 aromatic rings. The van der Waals surface area contributed by atoms with Crippen LogP contribution in [0.2, 0.25) is 5.02 Å². The number of ether oxygens (including phenoxy) is 1. The fourth-order valence-corrected chi connectivity index (χ4v) is 6.27. The van der Waals surface area contributed by atoms with E-state index in [-0.39, 0.29) is 17.1 Å². The van der Waals surface area contributed by atoms with E-state index in [0.29, 0.717) is 46.0 Å². The van der Waals surface area contributed by atoms with Gasteiger partial charge in [-0.05, 0) is 56.7 Å². The van der Waals surface area contributed by atoms with Crippen LogP contribution in [0, 0.1) is 23.2 Å². The van der Waals surface area contributed by atoms with Gasteiger partial charge in [0.25, 0.3) is 5.91 Å². The molecule has 1 saturated carbocycles. The number of amides is 1. The second kappa shape index (κ2) is 9.82. The molecule has 0 bridgehead atoms. The number of halogens is 1. The summed E-state index contributed by atoms with van der Waals surface area (Å²) in [5.41, 5.74) is 2.47. The highest BCUT2D eigenvalue weighted by Crippen LogP contribution is 2.45. The van der Waals surface area contributed by atoms with Gasteiger partial charge in [0.15, 0.2) is 0 Å². The monoisotopic (exact) mass is 542 g/mol. The van der Waals surface area contributed by atoms with Crippen LogP contribution in [-0.4, -0.2) is 55.7 Å². The fourth-order valence-electron chi connectivity index (χ4n) is 6.06. The van der Waals surface area contributed by atoms with Crippen LogP contribution in [0.5, 0.6) is 5.75 Å². The van der Waals surface area contributed by atoms with Crippen LogP contribution in [-0.2, 0) is 0 Å². The zero-order valence-electron chi connectivity index (χ0n) is 21.6. The summed E-state index contributed by atoms with van der Waals surface area (Å²) < 4.78 is 7.35. The molecule has 11 heteroatoms. The quantitative estimate of drug-likeness (QED) is 0.386. The molecule has 4 aromatic heterocycles. The van der Waals surface area contributed by atoms with Crippen molar-refractivity contribution in [3.05, 3.63) is 65.5 Å². The van der Waals surface area contributed by atoms with Gasteiger partial charge in [0.1, 0.15) is 23.3 Å². The van der Waals surface area contributed by atoms with E-state index in [9.17, 15) is 10.1 Å². The summed E-state index contributed by atoms with van der Waals surface area (Å²) in [6, 6.07) is 7.47. The van der Waals surface area contributed by atoms with Gasteiger partial charge in [-0.25, -0.2) is 14.5 Å². The maximum absolute atomic E-state index is 12.8. The minimum atomic E-state index is -0.310. The number of carbonyl (C=O) groups is 1. The van der Waals surface area contributed by atoms with Crippen molar-refractivity contribution in [2.24, 2.45) is 11.8 Å². The Morgan fingerprint density at radius 1 is 1.23 bits per heavy atom. The van der Waals surface area contributed by atoms with Crippen LogP contribution in [0.1, 0.15) is 42.7 Å². The van der Waals surface area contributed by atoms with Crippen LogP contribution in [0.25, 0.3) is 16.8 Å². The largest absolute Gasteiger partial charge is 0.492 e. The highest BCUT2D eigenvalue weighted by molar-refractivity contribution is 6.33. The van der Waals surface area contributed by atoms with E-state index in [2.05, 4.69) is 33.3 Å². The van der Waals surface area contributed by atoms with E-state index in [1.807, 2.05) is 13.0 Å². The first-order valence-electron chi connectivity index (χ1n) is 12.9. The molecule has 1 aliphatic carbocycles. The molecule has 0 spiro atoms. The van der Waals surface area contributed by atoms with Gasteiger partial charge in [-0.1, -0.05) is 11.6 Å². The van der Waals surface area contributed by atoms with Gasteiger partial charge >= 0.3 is 0 Å². The van der Waals surface area contributed by atoms with Crippen LogP contribution in [0.3, 0.4) is 0 Å². The number of hydrogen-bond donors (Lipinski definition) is 1. The predicted octanol–water partition coefficient (Wildman–Crippen LogP) is 4.14. The second-order valence-corrected chi connectivity index (χ2v) is 10.8. The highest BCUT2D eigenvalue weighted by atomic mass is 35.5. The number of nitrogens with zero attached hydrogens (tertiary/aromatic N) is 7. The lowest BCUT2D eigenvalue weighted by Crippen LogP contribution is -2.45. The number of nitriles is 1. The number of rotatable bonds is 6. The third-order valence-electron chi connectivity index (χ3n) is 7.65. The first-order valence-corrected chi connectivity index (χ1v) is 13.3. The number of anilines is 1. The first-order chi connectivity index (χ1) is 18.9. The molecule has 0 aromatic carbocycles. The molecule has 1 saturated heterocycles. The van der Waals surface area contributed by atoms with Crippen molar-refractivity contribution >= 4 is 28.8 Å². The van der Waals surface area contributed by atoms with Crippen molar-refractivity contribution < 1.29 is 9.53 Å². The summed E-state index contributed by atoms with van der Waals surface area (Å²) in [5, 5.41) is 17.4. The topological polar surface area (TPSA) is 121 Å². The summed E-state index contributed by atoms with van der Waals surface area (Å²) in [6.45, 7) is 6.22. The Kier molecular flexibility index (Phi) is 6.31. The number of fused-ring (bicyclic) bond motifs is 2. The lowest BCUT2D eigenvalue weighted by Gasteiger charge is -2.28. The SMILES string of the molecule is CCOc1cc(-c2cnc(N3C[C@@H]4CC(C)(NC(=O)c5ncccc5Cl)C[C@@H]4C3)cn2)c2c(C#N)cnn2c1. The zero-order valence-corrected chi connectivity index (χ0v) is 22.4. The molecular formula is C28H27ClN8O2. The summed E-state index contributed by atoms with van der Waals surface area (Å²) in [7, 11) is 0. The van der Waals surface area contributed by atoms with E-state index < -0.39 is 0 Å². The van der Waals surface area contributed by atoms with E-state index in [0.717, 1.165) is 37.3 Å². The molecule has 39 heavy (non-hydrogen) atoms. The second-order valence-electron chi connectivity index (χ2n) is 10.4. The smallest absolute Gasteiger partial charge is 0.271 e. The maximum atomic E-state index is 12.8. The summed E-state index contributed by atoms with van der Waals surface area (Å²) >= 11 is 6.18. The molecule has 6 rings (SSSR count). The summed E-state index contributed by atoms with van der Waals surface area (Å²) in [5.74, 6) is 2.09. The normalized spacial score (nSPS) is 22.1. The third-order valence-corrected chi connectivity index (χ3v) is 7.95. The molecule has 0 radical (unpaired) electrons. The van der Waals surface area contributed by atoms with E-state index >= 15 is 0 Å². The van der Waals surface area contributed by atoms with Gasteiger partial charge in [0, 0.05) is 30.4 Å². The molecule has 5 heterocycles. The number of pyridine rings is 2. The molecule has 1 amide bonds. The molecule has 3 atom stereocenters. The van der Waals surface area contributed by atoms with Crippen molar-refractivity contribution in [1.29, 1.82) is 5.26 Å². The molecule has 1 unspecified atom stereocenters. The van der Waals surface area contributed by atoms with E-state index in [4.69, 9.17) is 26.3 Å². The van der Waals surface area contributed by atoms with E-state index in [1.54, 1.807) is 47.6 Å². The van der Waals surface area contributed by atoms with Crippen LogP contribution in [0.15, 0.2) is 49.2 Å². The zero-order chi connectivity index (χ0) is 27.1. The Balaban J connectivity index is 1.17. The van der Waals surface area contributed by atoms with Gasteiger partial charge in [0.2, 0.25) is 0 Å². The van der Waals surface area contributed by atoms with Gasteiger partial charge in [-0.2, -0.15) is 10.4 Å². The lowest BCUT2D eigenvalue weighted by molar-refractivity contribution is 0.0900.